The van der Waals surface area contributed by atoms with Crippen LogP contribution in [-0.4, -0.2) is 17.8 Å². The van der Waals surface area contributed by atoms with Crippen molar-refractivity contribution < 1.29 is 9.84 Å². The first kappa shape index (κ1) is 13.1. The van der Waals surface area contributed by atoms with E-state index in [1.807, 2.05) is 44.2 Å². The van der Waals surface area contributed by atoms with E-state index in [4.69, 9.17) is 4.74 Å². The van der Waals surface area contributed by atoms with Crippen LogP contribution in [0, 0.1) is 0 Å². The number of rotatable bonds is 5. The molecule has 2 unspecified atom stereocenters. The lowest BCUT2D eigenvalue weighted by Crippen LogP contribution is -2.21. The predicted molar refractivity (Wildman–Crippen MR) is 74.6 cm³/mol. The number of hydrogen-bond donors (Lipinski definition) is 1. The highest BCUT2D eigenvalue weighted by Crippen LogP contribution is 2.28. The molecule has 1 N–H and O–H groups in total. The maximum absolute atomic E-state index is 10.5. The Labute approximate surface area is 108 Å². The van der Waals surface area contributed by atoms with Gasteiger partial charge in [-0.05, 0) is 29.7 Å². The van der Waals surface area contributed by atoms with Gasteiger partial charge in [-0.1, -0.05) is 49.4 Å². The molecule has 18 heavy (non-hydrogen) atoms. The molecular formula is C16H20O2. The van der Waals surface area contributed by atoms with E-state index in [0.29, 0.717) is 6.61 Å². The normalized spacial score (nSPS) is 14.6. The molecule has 2 rings (SSSR count). The first-order chi connectivity index (χ1) is 8.77. The van der Waals surface area contributed by atoms with Crippen molar-refractivity contribution in [2.75, 3.05) is 6.61 Å². The van der Waals surface area contributed by atoms with Gasteiger partial charge >= 0.3 is 0 Å². The lowest BCUT2D eigenvalue weighted by Gasteiger charge is -2.23. The summed E-state index contributed by atoms with van der Waals surface area (Å²) < 4.78 is 5.61. The molecule has 2 aromatic rings. The zero-order valence-corrected chi connectivity index (χ0v) is 11.0. The number of benzene rings is 2. The molecule has 0 aliphatic carbocycles. The molecule has 96 valence electrons. The van der Waals surface area contributed by atoms with Gasteiger partial charge in [0.1, 0.15) is 6.10 Å². The van der Waals surface area contributed by atoms with E-state index < -0.39 is 6.10 Å². The molecular weight excluding hydrogens is 224 g/mol. The van der Waals surface area contributed by atoms with Crippen LogP contribution >= 0.6 is 0 Å². The van der Waals surface area contributed by atoms with Crippen LogP contribution in [0.5, 0.6) is 0 Å². The van der Waals surface area contributed by atoms with Crippen molar-refractivity contribution in [2.24, 2.45) is 0 Å². The molecule has 2 heteroatoms. The average molecular weight is 244 g/mol. The summed E-state index contributed by atoms with van der Waals surface area (Å²) in [6, 6.07) is 14.2. The number of fused-ring (bicyclic) bond motifs is 1. The Hall–Kier alpha value is -1.38. The van der Waals surface area contributed by atoms with Gasteiger partial charge in [0.15, 0.2) is 0 Å². The smallest absolute Gasteiger partial charge is 0.106 e. The lowest BCUT2D eigenvalue weighted by molar-refractivity contribution is -0.0349. The molecule has 0 aliphatic rings. The Bertz CT molecular complexity index is 502. The largest absolute Gasteiger partial charge is 0.386 e. The Balaban J connectivity index is 2.40. The van der Waals surface area contributed by atoms with Gasteiger partial charge in [0.05, 0.1) is 6.10 Å². The van der Waals surface area contributed by atoms with Crippen molar-refractivity contribution in [2.45, 2.75) is 32.5 Å². The topological polar surface area (TPSA) is 29.5 Å². The molecule has 0 fully saturated rings. The first-order valence-electron chi connectivity index (χ1n) is 6.55. The summed E-state index contributed by atoms with van der Waals surface area (Å²) >= 11 is 0. The van der Waals surface area contributed by atoms with Crippen molar-refractivity contribution in [3.8, 4) is 0 Å². The van der Waals surface area contributed by atoms with Gasteiger partial charge in [-0.3, -0.25) is 0 Å². The summed E-state index contributed by atoms with van der Waals surface area (Å²) in [5.41, 5.74) is 0.952. The van der Waals surface area contributed by atoms with Gasteiger partial charge in [-0.2, -0.15) is 0 Å². The van der Waals surface area contributed by atoms with Crippen LogP contribution in [0.1, 0.15) is 31.9 Å². The lowest BCUT2D eigenvalue weighted by atomic mass is 9.96. The minimum Gasteiger partial charge on any atom is -0.386 e. The second-order valence-electron chi connectivity index (χ2n) is 4.42. The summed E-state index contributed by atoms with van der Waals surface area (Å²) in [5.74, 6) is 0. The van der Waals surface area contributed by atoms with Crippen LogP contribution in [0.3, 0.4) is 0 Å². The first-order valence-corrected chi connectivity index (χ1v) is 6.55. The molecule has 0 heterocycles. The zero-order valence-electron chi connectivity index (χ0n) is 11.0. The Morgan fingerprint density at radius 1 is 1.06 bits per heavy atom. The highest BCUT2D eigenvalue weighted by atomic mass is 16.5. The fourth-order valence-electron chi connectivity index (χ4n) is 2.35. The van der Waals surface area contributed by atoms with Gasteiger partial charge in [0.2, 0.25) is 0 Å². The molecule has 0 aliphatic heterocycles. The third-order valence-electron chi connectivity index (χ3n) is 3.28. The third-order valence-corrected chi connectivity index (χ3v) is 3.28. The fourth-order valence-corrected chi connectivity index (χ4v) is 2.35. The quantitative estimate of drug-likeness (QED) is 0.869. The van der Waals surface area contributed by atoms with Gasteiger partial charge < -0.3 is 9.84 Å². The maximum Gasteiger partial charge on any atom is 0.106 e. The average Bonchev–Trinajstić information content (AvgIpc) is 2.43. The number of aliphatic hydroxyl groups is 1. The van der Waals surface area contributed by atoms with Crippen LogP contribution in [0.25, 0.3) is 10.8 Å². The minimum absolute atomic E-state index is 0.138. The molecule has 0 bridgehead atoms. The summed E-state index contributed by atoms with van der Waals surface area (Å²) in [6.07, 6.45) is 0.0972. The Kier molecular flexibility index (Phi) is 4.34. The molecule has 0 amide bonds. The highest BCUT2D eigenvalue weighted by Gasteiger charge is 2.20. The fraction of sp³-hybridized carbons (Fsp3) is 0.375. The highest BCUT2D eigenvalue weighted by molar-refractivity contribution is 5.86. The van der Waals surface area contributed by atoms with Crippen LogP contribution in [-0.2, 0) is 4.74 Å². The molecule has 2 atom stereocenters. The van der Waals surface area contributed by atoms with E-state index in [9.17, 15) is 5.11 Å². The standard InChI is InChI=1S/C16H20O2/c1-3-15(18-4-2)16(17)14-11-7-9-12-8-5-6-10-13(12)14/h5-11,15-17H,3-4H2,1-2H3. The monoisotopic (exact) mass is 244 g/mol. The third kappa shape index (κ3) is 2.55. The van der Waals surface area contributed by atoms with Crippen LogP contribution in [0.15, 0.2) is 42.5 Å². The molecule has 2 nitrogen and oxygen atoms in total. The van der Waals surface area contributed by atoms with Crippen molar-refractivity contribution >= 4 is 10.8 Å². The number of ether oxygens (including phenoxy) is 1. The summed E-state index contributed by atoms with van der Waals surface area (Å²) in [4.78, 5) is 0. The van der Waals surface area contributed by atoms with E-state index in [1.54, 1.807) is 0 Å². The Morgan fingerprint density at radius 2 is 1.78 bits per heavy atom. The van der Waals surface area contributed by atoms with E-state index in [-0.39, 0.29) is 6.10 Å². The van der Waals surface area contributed by atoms with E-state index in [0.717, 1.165) is 22.8 Å². The second-order valence-corrected chi connectivity index (χ2v) is 4.42. The van der Waals surface area contributed by atoms with Crippen molar-refractivity contribution in [3.05, 3.63) is 48.0 Å². The summed E-state index contributed by atoms with van der Waals surface area (Å²) in [7, 11) is 0. The predicted octanol–water partition coefficient (Wildman–Crippen LogP) is 3.69. The van der Waals surface area contributed by atoms with Gasteiger partial charge in [-0.15, -0.1) is 0 Å². The molecule has 0 spiro atoms. The van der Waals surface area contributed by atoms with Gasteiger partial charge in [0.25, 0.3) is 0 Å². The minimum atomic E-state index is -0.568. The van der Waals surface area contributed by atoms with Gasteiger partial charge in [0, 0.05) is 6.61 Å². The van der Waals surface area contributed by atoms with Crippen LogP contribution < -0.4 is 0 Å². The van der Waals surface area contributed by atoms with Crippen molar-refractivity contribution in [1.82, 2.24) is 0 Å². The van der Waals surface area contributed by atoms with E-state index in [2.05, 4.69) is 12.1 Å². The van der Waals surface area contributed by atoms with Crippen LogP contribution in [0.4, 0.5) is 0 Å². The molecule has 0 radical (unpaired) electrons. The van der Waals surface area contributed by atoms with E-state index >= 15 is 0 Å². The van der Waals surface area contributed by atoms with Crippen molar-refractivity contribution in [3.63, 3.8) is 0 Å². The SMILES string of the molecule is CCOC(CC)C(O)c1cccc2ccccc12. The molecule has 0 aromatic heterocycles. The van der Waals surface area contributed by atoms with E-state index in [1.165, 1.54) is 0 Å². The summed E-state index contributed by atoms with van der Waals surface area (Å²) in [5, 5.41) is 12.7. The number of aliphatic hydroxyl groups excluding tert-OH is 1. The zero-order chi connectivity index (χ0) is 13.0. The molecule has 0 saturated heterocycles. The second kappa shape index (κ2) is 5.98. The Morgan fingerprint density at radius 3 is 2.50 bits per heavy atom. The van der Waals surface area contributed by atoms with Crippen LogP contribution in [0.2, 0.25) is 0 Å². The maximum atomic E-state index is 10.5. The number of hydrogen-bond acceptors (Lipinski definition) is 2. The van der Waals surface area contributed by atoms with Gasteiger partial charge in [-0.25, -0.2) is 0 Å². The molecule has 0 saturated carbocycles. The van der Waals surface area contributed by atoms with Crippen molar-refractivity contribution in [1.29, 1.82) is 0 Å². The summed E-state index contributed by atoms with van der Waals surface area (Å²) in [6.45, 7) is 4.62. The molecule has 2 aromatic carbocycles.